The molecule has 24 heavy (non-hydrogen) atoms. The maximum Gasteiger partial charge on any atom is 0.261 e. The Bertz CT molecular complexity index is 838. The molecule has 5 nitrogen and oxygen atoms in total. The number of nitrogens with zero attached hydrogens (tertiary/aromatic N) is 3. The van der Waals surface area contributed by atoms with E-state index in [9.17, 15) is 9.59 Å². The molecule has 1 atom stereocenters. The Kier molecular flexibility index (Phi) is 3.90. The number of allylic oxidation sites excluding steroid dienone is 3. The smallest absolute Gasteiger partial charge is 0.261 e. The number of thioether (sulfide) groups is 1. The van der Waals surface area contributed by atoms with Crippen molar-refractivity contribution in [1.29, 1.82) is 0 Å². The van der Waals surface area contributed by atoms with Gasteiger partial charge in [0.1, 0.15) is 5.92 Å². The molecule has 4 rings (SSSR count). The van der Waals surface area contributed by atoms with Crippen LogP contribution in [-0.2, 0) is 16.0 Å². The first-order valence-corrected chi connectivity index (χ1v) is 8.78. The number of benzene rings is 1. The van der Waals surface area contributed by atoms with E-state index in [1.54, 1.807) is 11.0 Å². The van der Waals surface area contributed by atoms with E-state index in [1.165, 1.54) is 17.3 Å². The topological polar surface area (TPSA) is 62.1 Å². The lowest BCUT2D eigenvalue weighted by atomic mass is 9.97. The average Bonchev–Trinajstić information content (AvgIpc) is 3.04. The molecule has 120 valence electrons. The average molecular weight is 337 g/mol. The Morgan fingerprint density at radius 2 is 2.12 bits per heavy atom. The molecule has 0 saturated carbocycles. The van der Waals surface area contributed by atoms with Crippen LogP contribution in [0.1, 0.15) is 5.56 Å². The fraction of sp³-hybridized carbons (Fsp3) is 0.222. The van der Waals surface area contributed by atoms with Gasteiger partial charge in [0.2, 0.25) is 5.91 Å². The normalized spacial score (nSPS) is 21.2. The van der Waals surface area contributed by atoms with Crippen molar-refractivity contribution in [2.45, 2.75) is 6.42 Å². The summed E-state index contributed by atoms with van der Waals surface area (Å²) in [6.07, 6.45) is 8.16. The van der Waals surface area contributed by atoms with E-state index in [0.29, 0.717) is 17.4 Å². The van der Waals surface area contributed by atoms with E-state index in [2.05, 4.69) is 16.1 Å². The largest absolute Gasteiger partial charge is 0.311 e. The highest BCUT2D eigenvalue weighted by atomic mass is 32.2. The van der Waals surface area contributed by atoms with Gasteiger partial charge in [-0.1, -0.05) is 48.2 Å². The van der Waals surface area contributed by atoms with Crippen LogP contribution in [0.2, 0.25) is 0 Å². The van der Waals surface area contributed by atoms with Crippen LogP contribution in [0.15, 0.2) is 58.6 Å². The summed E-state index contributed by atoms with van der Waals surface area (Å²) in [5, 5.41) is 0.368. The fourth-order valence-electron chi connectivity index (χ4n) is 3.01. The van der Waals surface area contributed by atoms with Crippen molar-refractivity contribution in [1.82, 2.24) is 0 Å². The lowest BCUT2D eigenvalue weighted by Crippen LogP contribution is -2.31. The molecular formula is C18H15N3O2S. The van der Waals surface area contributed by atoms with Gasteiger partial charge in [-0.2, -0.15) is 4.99 Å². The van der Waals surface area contributed by atoms with Crippen LogP contribution >= 0.6 is 11.8 Å². The minimum Gasteiger partial charge on any atom is -0.311 e. The van der Waals surface area contributed by atoms with Crippen molar-refractivity contribution in [3.63, 3.8) is 0 Å². The SMILES string of the molecule is O=C1N=C(SCC(=O)N2CCc3ccccc32)N=C2C=CC=CC12. The third-order valence-corrected chi connectivity index (χ3v) is 5.04. The third kappa shape index (κ3) is 2.73. The Labute approximate surface area is 143 Å². The van der Waals surface area contributed by atoms with Crippen molar-refractivity contribution < 1.29 is 9.59 Å². The molecule has 0 spiro atoms. The first kappa shape index (κ1) is 15.1. The standard InChI is InChI=1S/C18H15N3O2S/c22-16(21-10-9-12-5-1-4-8-15(12)21)11-24-18-19-14-7-3-2-6-13(14)17(23)20-18/h1-8,13H,9-11H2. The zero-order valence-corrected chi connectivity index (χ0v) is 13.7. The van der Waals surface area contributed by atoms with Crippen LogP contribution in [0.25, 0.3) is 0 Å². The molecule has 1 aromatic rings. The van der Waals surface area contributed by atoms with Gasteiger partial charge in [-0.3, -0.25) is 9.59 Å². The van der Waals surface area contributed by atoms with E-state index in [4.69, 9.17) is 0 Å². The number of carbonyl (C=O) groups excluding carboxylic acids is 2. The predicted octanol–water partition coefficient (Wildman–Crippen LogP) is 2.39. The number of amides is 2. The van der Waals surface area contributed by atoms with Crippen molar-refractivity contribution in [2.75, 3.05) is 17.2 Å². The zero-order valence-electron chi connectivity index (χ0n) is 12.9. The van der Waals surface area contributed by atoms with E-state index < -0.39 is 0 Å². The molecule has 0 saturated heterocycles. The Morgan fingerprint density at radius 3 is 3.04 bits per heavy atom. The quantitative estimate of drug-likeness (QED) is 0.832. The predicted molar refractivity (Wildman–Crippen MR) is 96.6 cm³/mol. The van der Waals surface area contributed by atoms with Crippen LogP contribution in [0.4, 0.5) is 5.69 Å². The maximum absolute atomic E-state index is 12.5. The molecule has 0 N–H and O–H groups in total. The minimum absolute atomic E-state index is 0.0153. The lowest BCUT2D eigenvalue weighted by Gasteiger charge is -2.19. The summed E-state index contributed by atoms with van der Waals surface area (Å²) < 4.78 is 0. The fourth-order valence-corrected chi connectivity index (χ4v) is 3.75. The zero-order chi connectivity index (χ0) is 16.5. The second kappa shape index (κ2) is 6.20. The number of aliphatic imine (C=N–C) groups is 2. The van der Waals surface area contributed by atoms with E-state index in [1.807, 2.05) is 36.4 Å². The molecule has 0 fully saturated rings. The molecule has 2 aliphatic heterocycles. The van der Waals surface area contributed by atoms with Crippen LogP contribution in [0.5, 0.6) is 0 Å². The van der Waals surface area contributed by atoms with Gasteiger partial charge in [0.05, 0.1) is 11.5 Å². The minimum atomic E-state index is -0.375. The first-order chi connectivity index (χ1) is 11.7. The lowest BCUT2D eigenvalue weighted by molar-refractivity contribution is -0.118. The van der Waals surface area contributed by atoms with Gasteiger partial charge in [0.25, 0.3) is 5.91 Å². The molecule has 1 aromatic carbocycles. The van der Waals surface area contributed by atoms with Gasteiger partial charge < -0.3 is 4.90 Å². The van der Waals surface area contributed by atoms with Crippen molar-refractivity contribution in [3.8, 4) is 0 Å². The summed E-state index contributed by atoms with van der Waals surface area (Å²) in [5.74, 6) is -0.356. The summed E-state index contributed by atoms with van der Waals surface area (Å²) >= 11 is 1.22. The number of fused-ring (bicyclic) bond motifs is 2. The molecule has 0 bridgehead atoms. The number of hydrogen-bond donors (Lipinski definition) is 0. The van der Waals surface area contributed by atoms with Crippen LogP contribution in [0, 0.1) is 5.92 Å². The molecule has 0 radical (unpaired) electrons. The highest BCUT2D eigenvalue weighted by Gasteiger charge is 2.28. The molecule has 3 aliphatic rings. The second-order valence-electron chi connectivity index (χ2n) is 5.70. The molecule has 1 unspecified atom stereocenters. The number of carbonyl (C=O) groups is 2. The van der Waals surface area contributed by atoms with E-state index in [0.717, 1.165) is 12.1 Å². The molecule has 2 heterocycles. The highest BCUT2D eigenvalue weighted by molar-refractivity contribution is 8.14. The van der Waals surface area contributed by atoms with Crippen LogP contribution < -0.4 is 4.90 Å². The highest BCUT2D eigenvalue weighted by Crippen LogP contribution is 2.28. The second-order valence-corrected chi connectivity index (χ2v) is 6.65. The van der Waals surface area contributed by atoms with Gasteiger partial charge in [-0.25, -0.2) is 4.99 Å². The Balaban J connectivity index is 1.44. The van der Waals surface area contributed by atoms with Crippen molar-refractivity contribution >= 4 is 40.1 Å². The van der Waals surface area contributed by atoms with Crippen molar-refractivity contribution in [2.24, 2.45) is 15.9 Å². The summed E-state index contributed by atoms with van der Waals surface area (Å²) in [7, 11) is 0. The number of amidine groups is 1. The van der Waals surface area contributed by atoms with Gasteiger partial charge in [0, 0.05) is 12.2 Å². The van der Waals surface area contributed by atoms with Gasteiger partial charge in [-0.15, -0.1) is 0 Å². The number of rotatable bonds is 2. The monoisotopic (exact) mass is 337 g/mol. The molecule has 6 heteroatoms. The summed E-state index contributed by atoms with van der Waals surface area (Å²) in [6, 6.07) is 7.95. The summed E-state index contributed by atoms with van der Waals surface area (Å²) in [5.41, 5.74) is 2.87. The summed E-state index contributed by atoms with van der Waals surface area (Å²) in [6.45, 7) is 0.703. The number of para-hydroxylation sites is 1. The summed E-state index contributed by atoms with van der Waals surface area (Å²) in [4.78, 5) is 34.8. The molecule has 1 aliphatic carbocycles. The Hall–Kier alpha value is -2.47. The van der Waals surface area contributed by atoms with Crippen molar-refractivity contribution in [3.05, 3.63) is 54.1 Å². The molecule has 0 aromatic heterocycles. The maximum atomic E-state index is 12.5. The Morgan fingerprint density at radius 1 is 1.25 bits per heavy atom. The number of hydrogen-bond acceptors (Lipinski definition) is 4. The van der Waals surface area contributed by atoms with E-state index >= 15 is 0 Å². The molecule has 2 amide bonds. The number of anilines is 1. The van der Waals surface area contributed by atoms with Gasteiger partial charge in [-0.05, 0) is 24.1 Å². The van der Waals surface area contributed by atoms with Gasteiger partial charge in [0.15, 0.2) is 5.17 Å². The first-order valence-electron chi connectivity index (χ1n) is 7.79. The van der Waals surface area contributed by atoms with Crippen LogP contribution in [0.3, 0.4) is 0 Å². The van der Waals surface area contributed by atoms with E-state index in [-0.39, 0.29) is 23.5 Å². The van der Waals surface area contributed by atoms with Gasteiger partial charge >= 0.3 is 0 Å². The third-order valence-electron chi connectivity index (χ3n) is 4.21. The van der Waals surface area contributed by atoms with Crippen LogP contribution in [-0.4, -0.2) is 35.0 Å². The molecular weight excluding hydrogens is 322 g/mol.